The summed E-state index contributed by atoms with van der Waals surface area (Å²) in [5.74, 6) is 0.836. The maximum absolute atomic E-state index is 14.1. The van der Waals surface area contributed by atoms with Gasteiger partial charge in [0.2, 0.25) is 5.91 Å². The topological polar surface area (TPSA) is 86.6 Å². The summed E-state index contributed by atoms with van der Waals surface area (Å²) in [5.41, 5.74) is 4.17. The molecule has 2 atom stereocenters. The van der Waals surface area contributed by atoms with Crippen molar-refractivity contribution in [3.05, 3.63) is 106 Å². The Morgan fingerprint density at radius 3 is 2.45 bits per heavy atom. The SMILES string of the molecule is CC(C)C[C@@H](NC(=O)OC(C)(C)C)C(=O)N1CC(CC2=C3N=c4ccccc4=CN3c3ccccc3C=N2)c2ccccc21. The summed E-state index contributed by atoms with van der Waals surface area (Å²) >= 11 is 0. The van der Waals surface area contributed by atoms with Crippen LogP contribution in [0.5, 0.6) is 0 Å². The Labute approximate surface area is 258 Å². The Morgan fingerprint density at radius 2 is 1.68 bits per heavy atom. The summed E-state index contributed by atoms with van der Waals surface area (Å²) in [6.07, 6.45) is 4.54. The molecule has 2 amide bonds. The molecule has 0 bridgehead atoms. The molecule has 1 unspecified atom stereocenters. The summed E-state index contributed by atoms with van der Waals surface area (Å²) in [6, 6.07) is 23.6. The van der Waals surface area contributed by atoms with Crippen molar-refractivity contribution >= 4 is 35.8 Å². The molecular weight excluding hydrogens is 550 g/mol. The minimum Gasteiger partial charge on any atom is -0.444 e. The summed E-state index contributed by atoms with van der Waals surface area (Å²) in [7, 11) is 0. The minimum absolute atomic E-state index is 0.00791. The van der Waals surface area contributed by atoms with Crippen LogP contribution in [0.3, 0.4) is 0 Å². The molecule has 44 heavy (non-hydrogen) atoms. The molecule has 0 radical (unpaired) electrons. The third-order valence-electron chi connectivity index (χ3n) is 7.95. The Morgan fingerprint density at radius 1 is 0.977 bits per heavy atom. The van der Waals surface area contributed by atoms with Crippen LogP contribution >= 0.6 is 0 Å². The molecule has 8 nitrogen and oxygen atoms in total. The second-order valence-corrected chi connectivity index (χ2v) is 13.0. The number of nitrogens with zero attached hydrogens (tertiary/aromatic N) is 4. The van der Waals surface area contributed by atoms with Crippen LogP contribution in [0, 0.1) is 5.92 Å². The third-order valence-corrected chi connectivity index (χ3v) is 7.95. The summed E-state index contributed by atoms with van der Waals surface area (Å²) in [6.45, 7) is 10.0. The zero-order chi connectivity index (χ0) is 31.0. The van der Waals surface area contributed by atoms with Gasteiger partial charge in [-0.3, -0.25) is 14.7 Å². The van der Waals surface area contributed by atoms with Crippen molar-refractivity contribution in [3.8, 4) is 0 Å². The minimum atomic E-state index is -0.709. The number of ether oxygens (including phenoxy) is 1. The van der Waals surface area contributed by atoms with Gasteiger partial charge in [-0.1, -0.05) is 68.4 Å². The van der Waals surface area contributed by atoms with E-state index in [2.05, 4.69) is 40.7 Å². The number of rotatable bonds is 6. The van der Waals surface area contributed by atoms with Gasteiger partial charge in [0, 0.05) is 47.8 Å². The van der Waals surface area contributed by atoms with Crippen LogP contribution in [0.15, 0.2) is 94.3 Å². The first-order valence-corrected chi connectivity index (χ1v) is 15.3. The monoisotopic (exact) mass is 589 g/mol. The van der Waals surface area contributed by atoms with Crippen LogP contribution in [0.4, 0.5) is 16.2 Å². The number of amides is 2. The van der Waals surface area contributed by atoms with Gasteiger partial charge in [-0.05, 0) is 56.9 Å². The van der Waals surface area contributed by atoms with Crippen LogP contribution in [-0.2, 0) is 9.53 Å². The van der Waals surface area contributed by atoms with Gasteiger partial charge >= 0.3 is 6.09 Å². The Kier molecular flexibility index (Phi) is 7.84. The number of anilines is 2. The number of benzene rings is 3. The first-order chi connectivity index (χ1) is 21.1. The number of aliphatic imine (C=N–C) groups is 1. The molecule has 3 heterocycles. The number of carbonyl (C=O) groups is 2. The van der Waals surface area contributed by atoms with E-state index in [1.54, 1.807) is 0 Å². The fraction of sp³-hybridized carbons (Fsp3) is 0.333. The number of hydrogen-bond acceptors (Lipinski definition) is 6. The second-order valence-electron chi connectivity index (χ2n) is 13.0. The Hall–Kier alpha value is -4.72. The average molecular weight is 590 g/mol. The highest BCUT2D eigenvalue weighted by Crippen LogP contribution is 2.42. The lowest BCUT2D eigenvalue weighted by Crippen LogP contribution is -2.50. The molecule has 3 aromatic rings. The molecule has 226 valence electrons. The molecule has 6 rings (SSSR count). The van der Waals surface area contributed by atoms with E-state index >= 15 is 0 Å². The molecule has 3 aliphatic rings. The summed E-state index contributed by atoms with van der Waals surface area (Å²) < 4.78 is 5.51. The van der Waals surface area contributed by atoms with Crippen LogP contribution in [0.25, 0.3) is 6.20 Å². The quantitative estimate of drug-likeness (QED) is 0.404. The smallest absolute Gasteiger partial charge is 0.408 e. The van der Waals surface area contributed by atoms with E-state index in [-0.39, 0.29) is 17.7 Å². The van der Waals surface area contributed by atoms with Gasteiger partial charge in [0.05, 0.1) is 16.7 Å². The van der Waals surface area contributed by atoms with Gasteiger partial charge in [0.15, 0.2) is 5.82 Å². The van der Waals surface area contributed by atoms with Crippen molar-refractivity contribution in [2.24, 2.45) is 15.9 Å². The van der Waals surface area contributed by atoms with Crippen LogP contribution in [0.1, 0.15) is 64.5 Å². The molecule has 0 aromatic heterocycles. The lowest BCUT2D eigenvalue weighted by molar-refractivity contribution is -0.121. The average Bonchev–Trinajstić information content (AvgIpc) is 3.27. The van der Waals surface area contributed by atoms with E-state index in [0.717, 1.165) is 44.6 Å². The normalized spacial score (nSPS) is 17.5. The fourth-order valence-electron chi connectivity index (χ4n) is 6.06. The van der Waals surface area contributed by atoms with Gasteiger partial charge in [0.1, 0.15) is 11.6 Å². The molecule has 3 aliphatic heterocycles. The van der Waals surface area contributed by atoms with Gasteiger partial charge in [-0.2, -0.15) is 0 Å². The highest BCUT2D eigenvalue weighted by atomic mass is 16.6. The third kappa shape index (κ3) is 6.02. The summed E-state index contributed by atoms with van der Waals surface area (Å²) in [4.78, 5) is 40.9. The van der Waals surface area contributed by atoms with Gasteiger partial charge in [-0.25, -0.2) is 9.79 Å². The van der Waals surface area contributed by atoms with E-state index in [9.17, 15) is 9.59 Å². The van der Waals surface area contributed by atoms with Crippen LogP contribution < -0.4 is 25.7 Å². The predicted octanol–water partition coefficient (Wildman–Crippen LogP) is 5.63. The zero-order valence-electron chi connectivity index (χ0n) is 25.9. The number of carbonyl (C=O) groups excluding carboxylic acids is 2. The Bertz CT molecular complexity index is 1790. The number of alkyl carbamates (subject to hydrolysis) is 1. The highest BCUT2D eigenvalue weighted by Gasteiger charge is 2.38. The molecule has 0 aliphatic carbocycles. The molecule has 3 aromatic carbocycles. The largest absolute Gasteiger partial charge is 0.444 e. The second kappa shape index (κ2) is 11.8. The predicted molar refractivity (Wildman–Crippen MR) is 174 cm³/mol. The maximum atomic E-state index is 14.1. The number of para-hydroxylation sites is 3. The molecule has 0 fully saturated rings. The molecular formula is C36H39N5O3. The number of nitrogens with one attached hydrogen (secondary N) is 1. The number of hydrogen-bond donors (Lipinski definition) is 1. The lowest BCUT2D eigenvalue weighted by atomic mass is 9.96. The highest BCUT2D eigenvalue weighted by molar-refractivity contribution is 6.00. The van der Waals surface area contributed by atoms with Gasteiger partial charge in [0.25, 0.3) is 0 Å². The van der Waals surface area contributed by atoms with Crippen molar-refractivity contribution in [1.82, 2.24) is 5.32 Å². The van der Waals surface area contributed by atoms with Crippen molar-refractivity contribution in [3.63, 3.8) is 0 Å². The van der Waals surface area contributed by atoms with Crippen molar-refractivity contribution in [1.29, 1.82) is 0 Å². The lowest BCUT2D eigenvalue weighted by Gasteiger charge is -2.28. The molecule has 0 saturated heterocycles. The van der Waals surface area contributed by atoms with Crippen LogP contribution in [-0.4, -0.2) is 36.4 Å². The van der Waals surface area contributed by atoms with E-state index in [1.165, 1.54) is 0 Å². The van der Waals surface area contributed by atoms with Crippen molar-refractivity contribution in [2.45, 2.75) is 65.0 Å². The molecule has 0 saturated carbocycles. The van der Waals surface area contributed by atoms with E-state index in [0.29, 0.717) is 19.4 Å². The Balaban J connectivity index is 1.34. The first-order valence-electron chi connectivity index (χ1n) is 15.3. The van der Waals surface area contributed by atoms with Gasteiger partial charge < -0.3 is 15.0 Å². The molecule has 1 N–H and O–H groups in total. The maximum Gasteiger partial charge on any atom is 0.408 e. The first kappa shape index (κ1) is 29.4. The standard InChI is InChI=1S/C36H39N5O3/c1-23(2)18-30(39-35(43)44-36(3,4)5)34(42)41-22-26(27-14-8-11-17-32(27)41)19-29-33-38-28-15-9-6-13-25(28)21-40(33)31-16-10-7-12-24(31)20-37-29/h6-17,20-21,23,26,30H,18-19,22H2,1-5H3,(H,39,43)/t26?,30-/m1/s1. The summed E-state index contributed by atoms with van der Waals surface area (Å²) in [5, 5.41) is 4.81. The molecule has 8 heteroatoms. The van der Waals surface area contributed by atoms with E-state index < -0.39 is 17.7 Å². The van der Waals surface area contributed by atoms with E-state index in [1.807, 2.05) is 94.3 Å². The van der Waals surface area contributed by atoms with Crippen molar-refractivity contribution < 1.29 is 14.3 Å². The van der Waals surface area contributed by atoms with Crippen molar-refractivity contribution in [2.75, 3.05) is 16.3 Å². The van der Waals surface area contributed by atoms with Gasteiger partial charge in [-0.15, -0.1) is 0 Å². The van der Waals surface area contributed by atoms with Crippen LogP contribution in [0.2, 0.25) is 0 Å². The molecule has 0 spiro atoms. The fourth-order valence-corrected chi connectivity index (χ4v) is 6.06. The zero-order valence-corrected chi connectivity index (χ0v) is 25.9. The number of allylic oxidation sites excluding steroid dienone is 1. The number of fused-ring (bicyclic) bond motifs is 5. The van der Waals surface area contributed by atoms with E-state index in [4.69, 9.17) is 14.7 Å².